The van der Waals surface area contributed by atoms with Crippen molar-refractivity contribution in [3.63, 3.8) is 0 Å². The van der Waals surface area contributed by atoms with E-state index in [1.165, 1.54) is 5.56 Å². The quantitative estimate of drug-likeness (QED) is 0.197. The van der Waals surface area contributed by atoms with Crippen molar-refractivity contribution in [3.05, 3.63) is 95.1 Å². The molecule has 1 unspecified atom stereocenters. The second kappa shape index (κ2) is 16.4. The highest BCUT2D eigenvalue weighted by Gasteiger charge is 2.23. The van der Waals surface area contributed by atoms with E-state index in [-0.39, 0.29) is 12.0 Å². The van der Waals surface area contributed by atoms with E-state index in [1.54, 1.807) is 17.8 Å². The van der Waals surface area contributed by atoms with E-state index in [0.29, 0.717) is 24.3 Å². The summed E-state index contributed by atoms with van der Waals surface area (Å²) in [5.41, 5.74) is 5.52. The Bertz CT molecular complexity index is 1200. The first-order valence-electron chi connectivity index (χ1n) is 13.4. The van der Waals surface area contributed by atoms with Crippen molar-refractivity contribution in [3.8, 4) is 11.1 Å². The molecule has 0 radical (unpaired) electrons. The fraction of sp³-hybridized carbons (Fsp3) is 0.375. The molecule has 7 heteroatoms. The maximum atomic E-state index is 13.3. The lowest BCUT2D eigenvalue weighted by Gasteiger charge is -2.20. The molecule has 2 atom stereocenters. The van der Waals surface area contributed by atoms with Gasteiger partial charge in [-0.2, -0.15) is 23.5 Å². The Kier molecular flexibility index (Phi) is 12.9. The molecule has 0 aliphatic carbocycles. The van der Waals surface area contributed by atoms with Crippen LogP contribution in [0.3, 0.4) is 0 Å². The van der Waals surface area contributed by atoms with Crippen LogP contribution in [-0.4, -0.2) is 52.6 Å². The fourth-order valence-electron chi connectivity index (χ4n) is 4.36. The predicted molar refractivity (Wildman–Crippen MR) is 165 cm³/mol. The molecule has 0 saturated heterocycles. The molecule has 0 aliphatic rings. The van der Waals surface area contributed by atoms with Gasteiger partial charge in [0.25, 0.3) is 5.91 Å². The molecule has 3 aromatic rings. The average Bonchev–Trinajstić information content (AvgIpc) is 2.95. The Morgan fingerprint density at radius 2 is 1.69 bits per heavy atom. The number of hydrogen-bond acceptors (Lipinski definition) is 5. The van der Waals surface area contributed by atoms with Crippen LogP contribution in [0.1, 0.15) is 46.8 Å². The van der Waals surface area contributed by atoms with Gasteiger partial charge < -0.3 is 15.2 Å². The van der Waals surface area contributed by atoms with Gasteiger partial charge in [-0.05, 0) is 83.9 Å². The van der Waals surface area contributed by atoms with Gasteiger partial charge in [-0.3, -0.25) is 4.79 Å². The number of amides is 1. The molecule has 0 saturated carbocycles. The number of ether oxygens (including phenoxy) is 1. The van der Waals surface area contributed by atoms with Crippen LogP contribution in [0.4, 0.5) is 0 Å². The normalized spacial score (nSPS) is 12.6. The van der Waals surface area contributed by atoms with Gasteiger partial charge in [0.05, 0.1) is 12.7 Å². The molecule has 208 valence electrons. The summed E-state index contributed by atoms with van der Waals surface area (Å²) >= 11 is 3.44. The van der Waals surface area contributed by atoms with E-state index in [1.807, 2.05) is 67.4 Å². The highest BCUT2D eigenvalue weighted by atomic mass is 32.2. The van der Waals surface area contributed by atoms with Crippen molar-refractivity contribution in [1.82, 2.24) is 5.32 Å². The average molecular weight is 566 g/mol. The van der Waals surface area contributed by atoms with Gasteiger partial charge in [0.15, 0.2) is 0 Å². The first-order valence-corrected chi connectivity index (χ1v) is 15.9. The molecule has 0 aliphatic heterocycles. The number of aliphatic carboxylic acids is 1. The number of aryl methyl sites for hydroxylation is 2. The summed E-state index contributed by atoms with van der Waals surface area (Å²) in [5.74, 6) is 1.22. The third-order valence-electron chi connectivity index (χ3n) is 6.57. The van der Waals surface area contributed by atoms with Crippen molar-refractivity contribution < 1.29 is 19.4 Å². The van der Waals surface area contributed by atoms with Gasteiger partial charge in [-0.1, -0.05) is 67.6 Å². The van der Waals surface area contributed by atoms with Crippen molar-refractivity contribution in [2.24, 2.45) is 0 Å². The minimum absolute atomic E-state index is 0.118. The molecule has 0 fully saturated rings. The van der Waals surface area contributed by atoms with Crippen LogP contribution in [0.5, 0.6) is 0 Å². The molecular weight excluding hydrogens is 526 g/mol. The zero-order chi connectivity index (χ0) is 28.0. The molecule has 39 heavy (non-hydrogen) atoms. The van der Waals surface area contributed by atoms with E-state index in [2.05, 4.69) is 36.5 Å². The largest absolute Gasteiger partial charge is 0.480 e. The number of hydrogen-bond donors (Lipinski definition) is 2. The smallest absolute Gasteiger partial charge is 0.326 e. The van der Waals surface area contributed by atoms with Crippen LogP contribution in [-0.2, 0) is 22.6 Å². The van der Waals surface area contributed by atoms with Gasteiger partial charge >= 0.3 is 5.97 Å². The standard InChI is InChI=1S/C32H39NO4S2/c1-4-39-22-26(16-14-24-11-6-5-7-12-24)37-21-25-15-17-28(29(20-25)27-13-9-8-10-23(27)2)31(34)33-30(32(35)36)18-19-38-3/h5-13,15,17,20,26,30H,4,14,16,18-19,21-22H2,1-3H3,(H,33,34)(H,35,36)/t26?,30-/m0/s1. The van der Waals surface area contributed by atoms with Crippen molar-refractivity contribution >= 4 is 35.4 Å². The Morgan fingerprint density at radius 3 is 2.38 bits per heavy atom. The SMILES string of the molecule is CCSCC(CCc1ccccc1)OCc1ccc(C(=O)N[C@@H](CCSC)C(=O)O)c(-c2ccccc2C)c1. The van der Waals surface area contributed by atoms with Crippen molar-refractivity contribution in [2.45, 2.75) is 51.9 Å². The second-order valence-corrected chi connectivity index (χ2v) is 11.8. The molecule has 0 bridgehead atoms. The van der Waals surface area contributed by atoms with Gasteiger partial charge in [0.2, 0.25) is 0 Å². The van der Waals surface area contributed by atoms with E-state index in [4.69, 9.17) is 4.74 Å². The molecule has 3 aromatic carbocycles. The van der Waals surface area contributed by atoms with Crippen LogP contribution < -0.4 is 5.32 Å². The number of nitrogens with one attached hydrogen (secondary N) is 1. The van der Waals surface area contributed by atoms with E-state index in [0.717, 1.165) is 46.6 Å². The Labute approximate surface area is 241 Å². The summed E-state index contributed by atoms with van der Waals surface area (Å²) in [6, 6.07) is 23.2. The summed E-state index contributed by atoms with van der Waals surface area (Å²) in [6.07, 6.45) is 4.31. The monoisotopic (exact) mass is 565 g/mol. The minimum Gasteiger partial charge on any atom is -0.480 e. The Hall–Kier alpha value is -2.74. The lowest BCUT2D eigenvalue weighted by molar-refractivity contribution is -0.139. The number of benzene rings is 3. The minimum atomic E-state index is -1.02. The summed E-state index contributed by atoms with van der Waals surface area (Å²) in [4.78, 5) is 25.1. The Balaban J connectivity index is 1.81. The van der Waals surface area contributed by atoms with Crippen LogP contribution in [0, 0.1) is 6.92 Å². The van der Waals surface area contributed by atoms with Crippen molar-refractivity contribution in [2.75, 3.05) is 23.5 Å². The number of rotatable bonds is 16. The lowest BCUT2D eigenvalue weighted by Crippen LogP contribution is -2.41. The summed E-state index contributed by atoms with van der Waals surface area (Å²) in [6.45, 7) is 4.61. The molecule has 3 rings (SSSR count). The highest BCUT2D eigenvalue weighted by molar-refractivity contribution is 7.99. The van der Waals surface area contributed by atoms with Gasteiger partial charge in [0.1, 0.15) is 6.04 Å². The summed E-state index contributed by atoms with van der Waals surface area (Å²) in [7, 11) is 0. The first-order chi connectivity index (χ1) is 18.9. The molecule has 2 N–H and O–H groups in total. The summed E-state index contributed by atoms with van der Waals surface area (Å²) < 4.78 is 6.41. The number of carbonyl (C=O) groups excluding carboxylic acids is 1. The van der Waals surface area contributed by atoms with E-state index in [9.17, 15) is 14.7 Å². The maximum absolute atomic E-state index is 13.3. The topological polar surface area (TPSA) is 75.6 Å². The van der Waals surface area contributed by atoms with Gasteiger partial charge in [-0.15, -0.1) is 0 Å². The van der Waals surface area contributed by atoms with Crippen LogP contribution in [0.15, 0.2) is 72.8 Å². The van der Waals surface area contributed by atoms with Gasteiger partial charge in [0, 0.05) is 11.3 Å². The van der Waals surface area contributed by atoms with E-state index < -0.39 is 12.0 Å². The third kappa shape index (κ3) is 9.75. The molecular formula is C32H39NO4S2. The molecule has 1 amide bonds. The highest BCUT2D eigenvalue weighted by Crippen LogP contribution is 2.29. The van der Waals surface area contributed by atoms with Gasteiger partial charge in [-0.25, -0.2) is 4.79 Å². The van der Waals surface area contributed by atoms with Crippen molar-refractivity contribution in [1.29, 1.82) is 0 Å². The molecule has 5 nitrogen and oxygen atoms in total. The maximum Gasteiger partial charge on any atom is 0.326 e. The number of carboxylic acids is 1. The molecule has 0 aromatic heterocycles. The molecule has 0 spiro atoms. The van der Waals surface area contributed by atoms with Crippen LogP contribution >= 0.6 is 23.5 Å². The Morgan fingerprint density at radius 1 is 0.949 bits per heavy atom. The fourth-order valence-corrected chi connectivity index (χ4v) is 5.59. The second-order valence-electron chi connectivity index (χ2n) is 9.46. The van der Waals surface area contributed by atoms with Crippen LogP contribution in [0.25, 0.3) is 11.1 Å². The zero-order valence-electron chi connectivity index (χ0n) is 23.0. The molecule has 0 heterocycles. The third-order valence-corrected chi connectivity index (χ3v) is 8.23. The zero-order valence-corrected chi connectivity index (χ0v) is 24.7. The summed E-state index contributed by atoms with van der Waals surface area (Å²) in [5, 5.41) is 12.4. The number of carbonyl (C=O) groups is 2. The van der Waals surface area contributed by atoms with Crippen LogP contribution in [0.2, 0.25) is 0 Å². The number of thioether (sulfide) groups is 2. The first kappa shape index (κ1) is 30.8. The lowest BCUT2D eigenvalue weighted by atomic mass is 9.93. The number of carboxylic acid groups (broad SMARTS) is 1. The van der Waals surface area contributed by atoms with E-state index >= 15 is 0 Å². The predicted octanol–water partition coefficient (Wildman–Crippen LogP) is 6.87.